The number of rotatable bonds is 3. The number of methoxy groups -OCH3 is 1. The second-order valence-corrected chi connectivity index (χ2v) is 4.25. The Bertz CT molecular complexity index is 193. The molecule has 0 spiro atoms. The van der Waals surface area contributed by atoms with Crippen molar-refractivity contribution < 1.29 is 9.53 Å². The molecule has 1 aliphatic heterocycles. The van der Waals surface area contributed by atoms with E-state index in [1.165, 1.54) is 0 Å². The van der Waals surface area contributed by atoms with Crippen LogP contribution in [0.1, 0.15) is 12.8 Å². The zero-order valence-corrected chi connectivity index (χ0v) is 8.08. The minimum Gasteiger partial charge on any atom is -0.377 e. The van der Waals surface area contributed by atoms with Gasteiger partial charge in [-0.1, -0.05) is 0 Å². The van der Waals surface area contributed by atoms with Gasteiger partial charge in [-0.2, -0.15) is 0 Å². The highest BCUT2D eigenvalue weighted by Crippen LogP contribution is 2.38. The molecule has 0 radical (unpaired) electrons. The Morgan fingerprint density at radius 1 is 1.38 bits per heavy atom. The summed E-state index contributed by atoms with van der Waals surface area (Å²) in [5, 5.41) is 3.37. The molecule has 2 unspecified atom stereocenters. The number of nitrogens with one attached hydrogen (secondary N) is 1. The first-order chi connectivity index (χ1) is 6.31. The Morgan fingerprint density at radius 2 is 2.00 bits per heavy atom. The summed E-state index contributed by atoms with van der Waals surface area (Å²) in [6.45, 7) is 2.53. The number of carbonyl (C=O) groups excluding carboxylic acids is 1. The molecule has 1 N–H and O–H groups in total. The molecule has 2 fully saturated rings. The van der Waals surface area contributed by atoms with E-state index in [9.17, 15) is 4.79 Å². The van der Waals surface area contributed by atoms with Gasteiger partial charge in [-0.25, -0.2) is 0 Å². The van der Waals surface area contributed by atoms with Crippen molar-refractivity contribution in [3.8, 4) is 0 Å². The van der Waals surface area contributed by atoms with Crippen LogP contribution < -0.4 is 5.32 Å². The second kappa shape index (κ2) is 3.76. The van der Waals surface area contributed by atoms with Crippen LogP contribution in [-0.4, -0.2) is 32.6 Å². The lowest BCUT2D eigenvalue weighted by Crippen LogP contribution is -2.20. The summed E-state index contributed by atoms with van der Waals surface area (Å²) >= 11 is 0. The maximum Gasteiger partial charge on any atom is 0.161 e. The third kappa shape index (κ3) is 1.76. The van der Waals surface area contributed by atoms with Crippen molar-refractivity contribution in [2.75, 3.05) is 26.8 Å². The van der Waals surface area contributed by atoms with Crippen LogP contribution in [0.5, 0.6) is 0 Å². The van der Waals surface area contributed by atoms with E-state index in [2.05, 4.69) is 5.32 Å². The summed E-state index contributed by atoms with van der Waals surface area (Å²) in [5.41, 5.74) is 0. The van der Waals surface area contributed by atoms with Crippen molar-refractivity contribution in [2.24, 2.45) is 17.8 Å². The number of Topliss-reactive ketones (excluding diaryl/α,β-unsaturated/α-hetero) is 1. The molecule has 0 bridgehead atoms. The Hall–Kier alpha value is -0.410. The van der Waals surface area contributed by atoms with Crippen LogP contribution in [0.2, 0.25) is 0 Å². The maximum atomic E-state index is 11.5. The van der Waals surface area contributed by atoms with Crippen molar-refractivity contribution in [2.45, 2.75) is 12.8 Å². The highest BCUT2D eigenvalue weighted by molar-refractivity contribution is 5.82. The van der Waals surface area contributed by atoms with Gasteiger partial charge in [-0.15, -0.1) is 0 Å². The fraction of sp³-hybridized carbons (Fsp3) is 0.900. The zero-order chi connectivity index (χ0) is 9.26. The molecule has 13 heavy (non-hydrogen) atoms. The monoisotopic (exact) mass is 183 g/mol. The largest absolute Gasteiger partial charge is 0.377 e. The SMILES string of the molecule is COCC(=O)C1CC2CNCC2C1. The zero-order valence-electron chi connectivity index (χ0n) is 8.08. The molecule has 3 nitrogen and oxygen atoms in total. The number of hydrogen-bond acceptors (Lipinski definition) is 3. The summed E-state index contributed by atoms with van der Waals surface area (Å²) in [7, 11) is 1.59. The van der Waals surface area contributed by atoms with Crippen LogP contribution >= 0.6 is 0 Å². The third-order valence-corrected chi connectivity index (χ3v) is 3.40. The Kier molecular flexibility index (Phi) is 2.65. The Balaban J connectivity index is 1.87. The Morgan fingerprint density at radius 3 is 2.54 bits per heavy atom. The van der Waals surface area contributed by atoms with E-state index in [-0.39, 0.29) is 5.92 Å². The molecule has 2 rings (SSSR count). The lowest BCUT2D eigenvalue weighted by molar-refractivity contribution is -0.126. The molecule has 1 saturated carbocycles. The average Bonchev–Trinajstić information content (AvgIpc) is 2.61. The molecule has 2 aliphatic rings. The minimum atomic E-state index is 0.289. The van der Waals surface area contributed by atoms with Gasteiger partial charge in [0.15, 0.2) is 5.78 Å². The molecule has 3 heteroatoms. The molecule has 1 aliphatic carbocycles. The van der Waals surface area contributed by atoms with E-state index >= 15 is 0 Å². The number of carbonyl (C=O) groups is 1. The van der Waals surface area contributed by atoms with Gasteiger partial charge in [0.2, 0.25) is 0 Å². The van der Waals surface area contributed by atoms with E-state index in [0.717, 1.165) is 37.8 Å². The van der Waals surface area contributed by atoms with Gasteiger partial charge in [0.05, 0.1) is 0 Å². The standard InChI is InChI=1S/C10H17NO2/c1-13-6-10(12)7-2-8-4-11-5-9(8)3-7/h7-9,11H,2-6H2,1H3. The smallest absolute Gasteiger partial charge is 0.161 e. The van der Waals surface area contributed by atoms with E-state index in [4.69, 9.17) is 4.74 Å². The van der Waals surface area contributed by atoms with Gasteiger partial charge in [0.1, 0.15) is 6.61 Å². The first-order valence-corrected chi connectivity index (χ1v) is 5.03. The fourth-order valence-electron chi connectivity index (χ4n) is 2.69. The van der Waals surface area contributed by atoms with Crippen molar-refractivity contribution in [1.29, 1.82) is 0 Å². The minimum absolute atomic E-state index is 0.289. The van der Waals surface area contributed by atoms with Gasteiger partial charge in [-0.3, -0.25) is 4.79 Å². The van der Waals surface area contributed by atoms with E-state index < -0.39 is 0 Å². The predicted octanol–water partition coefficient (Wildman–Crippen LogP) is 0.447. The molecule has 1 heterocycles. The summed E-state index contributed by atoms with van der Waals surface area (Å²) in [4.78, 5) is 11.5. The quantitative estimate of drug-likeness (QED) is 0.690. The first-order valence-electron chi connectivity index (χ1n) is 5.03. The lowest BCUT2D eigenvalue weighted by atomic mass is 10.0. The molecular weight excluding hydrogens is 166 g/mol. The van der Waals surface area contributed by atoms with E-state index in [1.807, 2.05) is 0 Å². The molecular formula is C10H17NO2. The van der Waals surface area contributed by atoms with Gasteiger partial charge in [0, 0.05) is 13.0 Å². The van der Waals surface area contributed by atoms with Crippen LogP contribution in [0, 0.1) is 17.8 Å². The van der Waals surface area contributed by atoms with Crippen LogP contribution in [0.3, 0.4) is 0 Å². The molecule has 0 aromatic carbocycles. The number of ketones is 1. The van der Waals surface area contributed by atoms with Gasteiger partial charge in [-0.05, 0) is 37.8 Å². The molecule has 0 aromatic rings. The molecule has 0 amide bonds. The summed E-state index contributed by atoms with van der Waals surface area (Å²) in [5.74, 6) is 2.10. The van der Waals surface area contributed by atoms with Crippen molar-refractivity contribution in [3.05, 3.63) is 0 Å². The van der Waals surface area contributed by atoms with E-state index in [1.54, 1.807) is 7.11 Å². The third-order valence-electron chi connectivity index (χ3n) is 3.40. The predicted molar refractivity (Wildman–Crippen MR) is 49.5 cm³/mol. The Labute approximate surface area is 78.8 Å². The number of fused-ring (bicyclic) bond motifs is 1. The highest BCUT2D eigenvalue weighted by atomic mass is 16.5. The summed E-state index contributed by atoms with van der Waals surface area (Å²) in [6.07, 6.45) is 2.17. The number of ether oxygens (including phenoxy) is 1. The van der Waals surface area contributed by atoms with Crippen LogP contribution in [-0.2, 0) is 9.53 Å². The van der Waals surface area contributed by atoms with Crippen molar-refractivity contribution in [1.82, 2.24) is 5.32 Å². The topological polar surface area (TPSA) is 38.3 Å². The second-order valence-electron chi connectivity index (χ2n) is 4.25. The lowest BCUT2D eigenvalue weighted by Gasteiger charge is -2.08. The van der Waals surface area contributed by atoms with Gasteiger partial charge in [0.25, 0.3) is 0 Å². The van der Waals surface area contributed by atoms with Crippen molar-refractivity contribution in [3.63, 3.8) is 0 Å². The van der Waals surface area contributed by atoms with Crippen LogP contribution in [0.4, 0.5) is 0 Å². The molecule has 0 aromatic heterocycles. The maximum absolute atomic E-state index is 11.5. The normalized spacial score (nSPS) is 37.8. The molecule has 2 atom stereocenters. The summed E-state index contributed by atoms with van der Waals surface area (Å²) < 4.78 is 4.87. The van der Waals surface area contributed by atoms with Crippen molar-refractivity contribution >= 4 is 5.78 Å². The summed E-state index contributed by atoms with van der Waals surface area (Å²) in [6, 6.07) is 0. The fourth-order valence-corrected chi connectivity index (χ4v) is 2.69. The molecule has 1 saturated heterocycles. The van der Waals surface area contributed by atoms with Crippen LogP contribution in [0.15, 0.2) is 0 Å². The van der Waals surface area contributed by atoms with Crippen LogP contribution in [0.25, 0.3) is 0 Å². The first kappa shape index (κ1) is 9.16. The highest BCUT2D eigenvalue weighted by Gasteiger charge is 2.39. The average molecular weight is 183 g/mol. The molecule has 74 valence electrons. The van der Waals surface area contributed by atoms with Gasteiger partial charge >= 0.3 is 0 Å². The van der Waals surface area contributed by atoms with Gasteiger partial charge < -0.3 is 10.1 Å². The number of hydrogen-bond donors (Lipinski definition) is 1. The van der Waals surface area contributed by atoms with E-state index in [0.29, 0.717) is 12.4 Å².